The first-order chi connectivity index (χ1) is 7.66. The number of nitrogens with zero attached hydrogens (tertiary/aromatic N) is 2. The van der Waals surface area contributed by atoms with E-state index in [4.69, 9.17) is 0 Å². The smallest absolute Gasteiger partial charge is 0.255 e. The molecule has 1 aromatic heterocycles. The Kier molecular flexibility index (Phi) is 4.72. The Labute approximate surface area is 106 Å². The lowest BCUT2D eigenvalue weighted by Crippen LogP contribution is -2.51. The van der Waals surface area contributed by atoms with Gasteiger partial charge in [-0.25, -0.2) is 0 Å². The first-order valence-electron chi connectivity index (χ1n) is 5.33. The molecule has 1 fully saturated rings. The molecule has 6 heteroatoms. The van der Waals surface area contributed by atoms with E-state index in [0.29, 0.717) is 24.7 Å². The van der Waals surface area contributed by atoms with Crippen LogP contribution < -0.4 is 5.32 Å². The summed E-state index contributed by atoms with van der Waals surface area (Å²) in [6, 6.07) is 1.75. The molecule has 1 aliphatic heterocycles. The molecule has 2 rings (SSSR count). The zero-order chi connectivity index (χ0) is 11.5. The standard InChI is InChI=1S/C11H15N3O2.ClH/c1-8-7-14(3-2-13-8)11(16)9-4-10(15)6-12-5-9;/h4-6,8,13,15H,2-3,7H2,1H3;1H/t8-;/m1./s1. The molecule has 5 nitrogen and oxygen atoms in total. The number of aromatic hydroxyl groups is 1. The quantitative estimate of drug-likeness (QED) is 0.775. The summed E-state index contributed by atoms with van der Waals surface area (Å²) in [6.07, 6.45) is 2.80. The van der Waals surface area contributed by atoms with E-state index in [1.54, 1.807) is 4.90 Å². The molecule has 0 aliphatic carbocycles. The van der Waals surface area contributed by atoms with E-state index in [0.717, 1.165) is 6.54 Å². The summed E-state index contributed by atoms with van der Waals surface area (Å²) in [5.74, 6) is -0.0502. The third-order valence-corrected chi connectivity index (χ3v) is 2.63. The van der Waals surface area contributed by atoms with Crippen LogP contribution in [-0.2, 0) is 0 Å². The lowest BCUT2D eigenvalue weighted by atomic mass is 10.2. The van der Waals surface area contributed by atoms with Gasteiger partial charge in [-0.1, -0.05) is 0 Å². The summed E-state index contributed by atoms with van der Waals surface area (Å²) in [7, 11) is 0. The van der Waals surface area contributed by atoms with Crippen LogP contribution in [0.25, 0.3) is 0 Å². The predicted octanol–water partition coefficient (Wildman–Crippen LogP) is 0.643. The van der Waals surface area contributed by atoms with Gasteiger partial charge >= 0.3 is 0 Å². The summed E-state index contributed by atoms with van der Waals surface area (Å²) in [6.45, 7) is 4.23. The first-order valence-corrected chi connectivity index (χ1v) is 5.33. The molecule has 2 heterocycles. The fraction of sp³-hybridized carbons (Fsp3) is 0.455. The fourth-order valence-electron chi connectivity index (χ4n) is 1.84. The average Bonchev–Trinajstić information content (AvgIpc) is 2.28. The summed E-state index contributed by atoms with van der Waals surface area (Å²) in [4.78, 5) is 17.6. The number of piperazine rings is 1. The topological polar surface area (TPSA) is 65.5 Å². The monoisotopic (exact) mass is 257 g/mol. The number of carbonyl (C=O) groups excluding carboxylic acids is 1. The number of carbonyl (C=O) groups is 1. The summed E-state index contributed by atoms with van der Waals surface area (Å²) in [5, 5.41) is 12.5. The van der Waals surface area contributed by atoms with Crippen LogP contribution >= 0.6 is 12.4 Å². The van der Waals surface area contributed by atoms with Gasteiger partial charge in [0.1, 0.15) is 5.75 Å². The van der Waals surface area contributed by atoms with Crippen molar-refractivity contribution in [3.8, 4) is 5.75 Å². The fourth-order valence-corrected chi connectivity index (χ4v) is 1.84. The van der Waals surface area contributed by atoms with Gasteiger partial charge in [-0.3, -0.25) is 9.78 Å². The molecule has 0 saturated carbocycles. The minimum atomic E-state index is -0.0725. The van der Waals surface area contributed by atoms with Crippen molar-refractivity contribution >= 4 is 18.3 Å². The maximum absolute atomic E-state index is 12.0. The van der Waals surface area contributed by atoms with Gasteiger partial charge in [0.2, 0.25) is 0 Å². The number of nitrogens with one attached hydrogen (secondary N) is 1. The Morgan fingerprint density at radius 1 is 1.59 bits per heavy atom. The van der Waals surface area contributed by atoms with Crippen molar-refractivity contribution in [3.63, 3.8) is 0 Å². The average molecular weight is 258 g/mol. The van der Waals surface area contributed by atoms with Gasteiger partial charge in [-0.2, -0.15) is 0 Å². The number of hydrogen-bond donors (Lipinski definition) is 2. The van der Waals surface area contributed by atoms with Gasteiger partial charge in [0.15, 0.2) is 0 Å². The maximum Gasteiger partial charge on any atom is 0.255 e. The van der Waals surface area contributed by atoms with E-state index in [2.05, 4.69) is 10.3 Å². The highest BCUT2D eigenvalue weighted by Gasteiger charge is 2.21. The highest BCUT2D eigenvalue weighted by atomic mass is 35.5. The normalized spacial score (nSPS) is 19.6. The molecule has 0 radical (unpaired) electrons. The summed E-state index contributed by atoms with van der Waals surface area (Å²) >= 11 is 0. The molecule has 1 amide bonds. The van der Waals surface area contributed by atoms with Crippen LogP contribution in [0.3, 0.4) is 0 Å². The van der Waals surface area contributed by atoms with E-state index < -0.39 is 0 Å². The minimum absolute atomic E-state index is 0. The van der Waals surface area contributed by atoms with Gasteiger partial charge in [-0.15, -0.1) is 12.4 Å². The lowest BCUT2D eigenvalue weighted by molar-refractivity contribution is 0.0708. The second kappa shape index (κ2) is 5.84. The molecule has 1 aromatic rings. The van der Waals surface area contributed by atoms with Crippen LogP contribution in [-0.4, -0.2) is 46.6 Å². The molecule has 17 heavy (non-hydrogen) atoms. The molecule has 2 N–H and O–H groups in total. The Morgan fingerprint density at radius 2 is 2.35 bits per heavy atom. The molecule has 94 valence electrons. The van der Waals surface area contributed by atoms with Crippen molar-refractivity contribution in [2.45, 2.75) is 13.0 Å². The molecule has 1 atom stereocenters. The second-order valence-corrected chi connectivity index (χ2v) is 4.04. The van der Waals surface area contributed by atoms with Gasteiger partial charge < -0.3 is 15.3 Å². The van der Waals surface area contributed by atoms with Crippen molar-refractivity contribution in [1.82, 2.24) is 15.2 Å². The highest BCUT2D eigenvalue weighted by Crippen LogP contribution is 2.12. The van der Waals surface area contributed by atoms with Gasteiger partial charge in [-0.05, 0) is 13.0 Å². The number of aromatic nitrogens is 1. The van der Waals surface area contributed by atoms with Crippen LogP contribution in [0.1, 0.15) is 17.3 Å². The zero-order valence-corrected chi connectivity index (χ0v) is 10.4. The van der Waals surface area contributed by atoms with Crippen molar-refractivity contribution in [1.29, 1.82) is 0 Å². The molecular weight excluding hydrogens is 242 g/mol. The number of hydrogen-bond acceptors (Lipinski definition) is 4. The Hall–Kier alpha value is -1.33. The van der Waals surface area contributed by atoms with E-state index in [9.17, 15) is 9.90 Å². The number of halogens is 1. The third kappa shape index (κ3) is 3.31. The molecule has 0 aromatic carbocycles. The van der Waals surface area contributed by atoms with Crippen LogP contribution in [0, 0.1) is 0 Å². The largest absolute Gasteiger partial charge is 0.506 e. The molecule has 0 bridgehead atoms. The number of amides is 1. The van der Waals surface area contributed by atoms with Crippen LogP contribution in [0.4, 0.5) is 0 Å². The Morgan fingerprint density at radius 3 is 3.00 bits per heavy atom. The predicted molar refractivity (Wildman–Crippen MR) is 66.5 cm³/mol. The van der Waals surface area contributed by atoms with Crippen LogP contribution in [0.15, 0.2) is 18.5 Å². The Bertz CT molecular complexity index is 400. The SMILES string of the molecule is C[C@@H]1CN(C(=O)c2cncc(O)c2)CCN1.Cl. The Balaban J connectivity index is 0.00000144. The van der Waals surface area contributed by atoms with Gasteiger partial charge in [0.25, 0.3) is 5.91 Å². The molecular formula is C11H16ClN3O2. The molecule has 0 spiro atoms. The van der Waals surface area contributed by atoms with Gasteiger partial charge in [0.05, 0.1) is 11.8 Å². The second-order valence-electron chi connectivity index (χ2n) is 4.04. The van der Waals surface area contributed by atoms with Crippen molar-refractivity contribution in [3.05, 3.63) is 24.0 Å². The highest BCUT2D eigenvalue weighted by molar-refractivity contribution is 5.94. The van der Waals surface area contributed by atoms with E-state index in [-0.39, 0.29) is 24.1 Å². The van der Waals surface area contributed by atoms with Gasteiger partial charge in [0, 0.05) is 31.9 Å². The van der Waals surface area contributed by atoms with E-state index in [1.165, 1.54) is 18.5 Å². The first kappa shape index (κ1) is 13.7. The molecule has 0 unspecified atom stereocenters. The lowest BCUT2D eigenvalue weighted by Gasteiger charge is -2.31. The number of pyridine rings is 1. The van der Waals surface area contributed by atoms with E-state index in [1.807, 2.05) is 6.92 Å². The zero-order valence-electron chi connectivity index (χ0n) is 9.59. The van der Waals surface area contributed by atoms with Crippen LogP contribution in [0.2, 0.25) is 0 Å². The summed E-state index contributed by atoms with van der Waals surface area (Å²) in [5.41, 5.74) is 0.439. The molecule has 1 saturated heterocycles. The van der Waals surface area contributed by atoms with Crippen molar-refractivity contribution in [2.24, 2.45) is 0 Å². The maximum atomic E-state index is 12.0. The minimum Gasteiger partial charge on any atom is -0.506 e. The van der Waals surface area contributed by atoms with Crippen LogP contribution in [0.5, 0.6) is 5.75 Å². The van der Waals surface area contributed by atoms with Crippen molar-refractivity contribution in [2.75, 3.05) is 19.6 Å². The van der Waals surface area contributed by atoms with Crippen molar-refractivity contribution < 1.29 is 9.90 Å². The number of rotatable bonds is 1. The van der Waals surface area contributed by atoms with E-state index >= 15 is 0 Å². The third-order valence-electron chi connectivity index (χ3n) is 2.63. The molecule has 1 aliphatic rings. The summed E-state index contributed by atoms with van der Waals surface area (Å²) < 4.78 is 0.